The second-order valence-electron chi connectivity index (χ2n) is 13.8. The van der Waals surface area contributed by atoms with Crippen LogP contribution in [0.25, 0.3) is 10.4 Å². The van der Waals surface area contributed by atoms with Gasteiger partial charge in [-0.1, -0.05) is 45.0 Å². The summed E-state index contributed by atoms with van der Waals surface area (Å²) in [5.74, 6) is -1.07. The lowest BCUT2D eigenvalue weighted by Gasteiger charge is -2.42. The van der Waals surface area contributed by atoms with E-state index >= 15 is 0 Å². The van der Waals surface area contributed by atoms with E-state index in [1.54, 1.807) is 11.3 Å². The van der Waals surface area contributed by atoms with Crippen molar-refractivity contribution in [3.05, 3.63) is 41.0 Å². The van der Waals surface area contributed by atoms with Gasteiger partial charge in [0.25, 0.3) is 0 Å². The molecule has 2 aliphatic heterocycles. The highest BCUT2D eigenvalue weighted by molar-refractivity contribution is 7.13. The van der Waals surface area contributed by atoms with Gasteiger partial charge >= 0.3 is 0 Å². The van der Waals surface area contributed by atoms with Crippen molar-refractivity contribution in [1.29, 1.82) is 0 Å². The summed E-state index contributed by atoms with van der Waals surface area (Å²) in [5, 5.41) is 19.6. The maximum atomic E-state index is 13.9. The summed E-state index contributed by atoms with van der Waals surface area (Å²) in [6.07, 6.45) is -0.640. The van der Waals surface area contributed by atoms with Crippen molar-refractivity contribution in [3.8, 4) is 10.4 Å². The second kappa shape index (κ2) is 17.6. The minimum atomic E-state index is -0.898. The van der Waals surface area contributed by atoms with Gasteiger partial charge in [0, 0.05) is 51.0 Å². The minimum absolute atomic E-state index is 0.0166. The summed E-state index contributed by atoms with van der Waals surface area (Å²) in [6, 6.07) is 6.16. The normalized spacial score (nSPS) is 19.5. The fourth-order valence-electron chi connectivity index (χ4n) is 5.78. The van der Waals surface area contributed by atoms with Crippen LogP contribution in [-0.4, -0.2) is 117 Å². The number of aliphatic hydroxyl groups excluding tert-OH is 1. The highest BCUT2D eigenvalue weighted by atomic mass is 32.1. The van der Waals surface area contributed by atoms with Crippen LogP contribution in [0.2, 0.25) is 0 Å². The first-order valence-corrected chi connectivity index (χ1v) is 17.5. The van der Waals surface area contributed by atoms with Gasteiger partial charge < -0.3 is 45.9 Å². The van der Waals surface area contributed by atoms with Gasteiger partial charge in [0.05, 0.1) is 61.8 Å². The molecule has 2 aliphatic rings. The number of nitrogens with one attached hydrogen (secondary N) is 3. The van der Waals surface area contributed by atoms with Gasteiger partial charge in [-0.05, 0) is 23.5 Å². The molecule has 1 aromatic carbocycles. The Morgan fingerprint density at radius 1 is 1.10 bits per heavy atom. The van der Waals surface area contributed by atoms with Crippen molar-refractivity contribution in [1.82, 2.24) is 25.8 Å². The van der Waals surface area contributed by atoms with E-state index in [-0.39, 0.29) is 49.8 Å². The number of rotatable bonds is 18. The van der Waals surface area contributed by atoms with Crippen LogP contribution < -0.4 is 21.7 Å². The molecule has 4 rings (SSSR count). The Bertz CT molecular complexity index is 1340. The molecule has 48 heavy (non-hydrogen) atoms. The topological polar surface area (TPSA) is 177 Å². The first-order chi connectivity index (χ1) is 22.9. The monoisotopic (exact) mass is 688 g/mol. The summed E-state index contributed by atoms with van der Waals surface area (Å²) >= 11 is 1.58. The van der Waals surface area contributed by atoms with Crippen molar-refractivity contribution in [3.63, 3.8) is 0 Å². The Morgan fingerprint density at radius 3 is 2.40 bits per heavy atom. The summed E-state index contributed by atoms with van der Waals surface area (Å²) in [7, 11) is 0. The average molecular weight is 689 g/mol. The number of carbonyl (C=O) groups is 3. The molecule has 0 radical (unpaired) electrons. The molecule has 3 heterocycles. The van der Waals surface area contributed by atoms with E-state index in [2.05, 4.69) is 20.9 Å². The number of aliphatic hydroxyl groups is 1. The van der Waals surface area contributed by atoms with Crippen molar-refractivity contribution in [2.75, 3.05) is 65.8 Å². The number of carbonyl (C=O) groups excluding carboxylic acids is 3. The number of thiazole rings is 1. The third kappa shape index (κ3) is 10.5. The third-order valence-corrected chi connectivity index (χ3v) is 9.61. The molecular weight excluding hydrogens is 636 g/mol. The Kier molecular flexibility index (Phi) is 13.9. The zero-order valence-corrected chi connectivity index (χ0v) is 29.4. The van der Waals surface area contributed by atoms with E-state index in [1.807, 2.05) is 57.5 Å². The largest absolute Gasteiger partial charge is 0.391 e. The smallest absolute Gasteiger partial charge is 0.246 e. The molecule has 14 heteroatoms. The van der Waals surface area contributed by atoms with E-state index in [4.69, 9.17) is 19.9 Å². The number of hydrogen-bond donors (Lipinski definition) is 5. The summed E-state index contributed by atoms with van der Waals surface area (Å²) in [5.41, 5.74) is 9.40. The van der Waals surface area contributed by atoms with Crippen LogP contribution in [0.15, 0.2) is 29.8 Å². The molecule has 2 fully saturated rings. The van der Waals surface area contributed by atoms with Crippen LogP contribution in [-0.2, 0) is 35.1 Å². The van der Waals surface area contributed by atoms with Crippen LogP contribution in [0.3, 0.4) is 0 Å². The number of ether oxygens (including phenoxy) is 3. The molecule has 13 nitrogen and oxygen atoms in total. The zero-order chi connectivity index (χ0) is 34.7. The molecule has 1 unspecified atom stereocenters. The number of amides is 3. The molecule has 3 amide bonds. The standard InChI is InChI=1S/C34H52N6O7S/c1-23-29(48-22-38-23)25-7-5-24(6-8-25)16-37-31(43)27-15-26(41)17-40(27)32(44)30(33(2,3)4)39-28(42)9-11-46-20-34(18-36-19-34)21-47-14-13-45-12-10-35/h5-8,22,26-27,30,36,41H,9-21,35H2,1-4H3,(H,37,43)(H,39,42)/t26-,27+,30?/m1/s1. The molecule has 0 aliphatic carbocycles. The van der Waals surface area contributed by atoms with Gasteiger partial charge in [-0.3, -0.25) is 14.4 Å². The Balaban J connectivity index is 1.26. The zero-order valence-electron chi connectivity index (χ0n) is 28.6. The van der Waals surface area contributed by atoms with E-state index in [9.17, 15) is 19.5 Å². The maximum absolute atomic E-state index is 13.9. The number of aryl methyl sites for hydroxylation is 1. The first-order valence-electron chi connectivity index (χ1n) is 16.6. The lowest BCUT2D eigenvalue weighted by Crippen LogP contribution is -2.59. The van der Waals surface area contributed by atoms with Crippen molar-refractivity contribution in [2.45, 2.75) is 65.3 Å². The average Bonchev–Trinajstić information content (AvgIpc) is 3.65. The van der Waals surface area contributed by atoms with Crippen LogP contribution in [0.4, 0.5) is 0 Å². The second-order valence-corrected chi connectivity index (χ2v) is 14.7. The molecule has 0 spiro atoms. The van der Waals surface area contributed by atoms with Gasteiger partial charge in [-0.25, -0.2) is 4.98 Å². The molecule has 2 aromatic rings. The Hall–Kier alpha value is -2.98. The predicted octanol–water partition coefficient (Wildman–Crippen LogP) is 1.22. The summed E-state index contributed by atoms with van der Waals surface area (Å²) < 4.78 is 17.0. The number of β-amino-alcohol motifs (C(OH)–C–C–N with tert-alkyl or cyclic N) is 1. The van der Waals surface area contributed by atoms with Crippen LogP contribution >= 0.6 is 11.3 Å². The number of nitrogens with two attached hydrogens (primary N) is 1. The summed E-state index contributed by atoms with van der Waals surface area (Å²) in [6.45, 7) is 12.5. The molecule has 6 N–H and O–H groups in total. The van der Waals surface area contributed by atoms with E-state index in [0.29, 0.717) is 39.6 Å². The number of hydrogen-bond acceptors (Lipinski definition) is 11. The van der Waals surface area contributed by atoms with Gasteiger partial charge in [-0.2, -0.15) is 0 Å². The number of likely N-dealkylation sites (tertiary alicyclic amines) is 1. The quantitative estimate of drug-likeness (QED) is 0.143. The molecule has 2 saturated heterocycles. The molecule has 266 valence electrons. The Morgan fingerprint density at radius 2 is 1.79 bits per heavy atom. The fraction of sp³-hybridized carbons (Fsp3) is 0.647. The van der Waals surface area contributed by atoms with Crippen molar-refractivity contribution >= 4 is 29.1 Å². The van der Waals surface area contributed by atoms with Crippen molar-refractivity contribution in [2.24, 2.45) is 16.6 Å². The van der Waals surface area contributed by atoms with Crippen molar-refractivity contribution < 1.29 is 33.7 Å². The fourth-order valence-corrected chi connectivity index (χ4v) is 6.59. The summed E-state index contributed by atoms with van der Waals surface area (Å²) in [4.78, 5) is 47.0. The van der Waals surface area contributed by atoms with Crippen LogP contribution in [0.5, 0.6) is 0 Å². The van der Waals surface area contributed by atoms with Gasteiger partial charge in [0.1, 0.15) is 12.1 Å². The minimum Gasteiger partial charge on any atom is -0.391 e. The lowest BCUT2D eigenvalue weighted by atomic mass is 9.83. The molecule has 0 bridgehead atoms. The maximum Gasteiger partial charge on any atom is 0.246 e. The number of benzene rings is 1. The number of nitrogens with zero attached hydrogens (tertiary/aromatic N) is 2. The Labute approximate surface area is 287 Å². The van der Waals surface area contributed by atoms with Gasteiger partial charge in [0.15, 0.2) is 0 Å². The third-order valence-electron chi connectivity index (χ3n) is 8.64. The van der Waals surface area contributed by atoms with E-state index in [0.717, 1.165) is 34.8 Å². The highest BCUT2D eigenvalue weighted by Crippen LogP contribution is 2.28. The SMILES string of the molecule is Cc1ncsc1-c1ccc(CNC(=O)[C@@H]2C[C@@H](O)CN2C(=O)C(NC(=O)CCOCC2(COCCOCCN)CNC2)C(C)(C)C)cc1. The van der Waals surface area contributed by atoms with Crippen LogP contribution in [0.1, 0.15) is 44.9 Å². The van der Waals surface area contributed by atoms with E-state index < -0.39 is 29.5 Å². The predicted molar refractivity (Wildman–Crippen MR) is 183 cm³/mol. The molecule has 3 atom stereocenters. The van der Waals surface area contributed by atoms with Gasteiger partial charge in [-0.15, -0.1) is 11.3 Å². The van der Waals surface area contributed by atoms with E-state index in [1.165, 1.54) is 4.90 Å². The molecular formula is C34H52N6O7S. The molecule has 1 aromatic heterocycles. The lowest BCUT2D eigenvalue weighted by molar-refractivity contribution is -0.144. The number of aromatic nitrogens is 1. The first kappa shape index (κ1) is 37.8. The van der Waals surface area contributed by atoms with Crippen LogP contribution in [0, 0.1) is 17.8 Å². The highest BCUT2D eigenvalue weighted by Gasteiger charge is 2.44. The molecule has 0 saturated carbocycles. The van der Waals surface area contributed by atoms with Gasteiger partial charge in [0.2, 0.25) is 17.7 Å².